The van der Waals surface area contributed by atoms with E-state index >= 15 is 0 Å². The molecule has 4 rings (SSSR count). The molecule has 2 aromatic rings. The van der Waals surface area contributed by atoms with Gasteiger partial charge < -0.3 is 14.4 Å². The summed E-state index contributed by atoms with van der Waals surface area (Å²) in [7, 11) is 3.36. The maximum Gasteiger partial charge on any atom is 0.254 e. The second kappa shape index (κ2) is 8.46. The first kappa shape index (κ1) is 19.8. The van der Waals surface area contributed by atoms with Crippen LogP contribution in [0, 0.1) is 6.92 Å². The number of nitrogens with zero attached hydrogens (tertiary/aromatic N) is 2. The molecule has 29 heavy (non-hydrogen) atoms. The maximum atomic E-state index is 13.1. The summed E-state index contributed by atoms with van der Waals surface area (Å²) in [6.07, 6.45) is 3.19. The number of benzene rings is 2. The lowest BCUT2D eigenvalue weighted by atomic mass is 9.95. The van der Waals surface area contributed by atoms with Gasteiger partial charge in [0, 0.05) is 37.8 Å². The van der Waals surface area contributed by atoms with Gasteiger partial charge in [0.25, 0.3) is 5.91 Å². The number of carbonyl (C=O) groups is 1. The van der Waals surface area contributed by atoms with Crippen molar-refractivity contribution in [1.82, 2.24) is 9.80 Å². The lowest BCUT2D eigenvalue weighted by Gasteiger charge is -2.41. The highest BCUT2D eigenvalue weighted by Gasteiger charge is 2.31. The average molecular weight is 395 g/mol. The van der Waals surface area contributed by atoms with E-state index in [0.717, 1.165) is 68.1 Å². The molecule has 1 unspecified atom stereocenters. The molecule has 1 atom stereocenters. The highest BCUT2D eigenvalue weighted by atomic mass is 16.5. The molecule has 2 aliphatic heterocycles. The van der Waals surface area contributed by atoms with E-state index < -0.39 is 0 Å². The van der Waals surface area contributed by atoms with E-state index in [-0.39, 0.29) is 5.91 Å². The summed E-state index contributed by atoms with van der Waals surface area (Å²) >= 11 is 0. The van der Waals surface area contributed by atoms with E-state index in [2.05, 4.69) is 17.0 Å². The molecule has 0 aromatic heterocycles. The Labute approximate surface area is 173 Å². The number of hydrogen-bond donors (Lipinski definition) is 0. The summed E-state index contributed by atoms with van der Waals surface area (Å²) < 4.78 is 11.0. The molecule has 1 saturated heterocycles. The molecule has 2 aliphatic rings. The van der Waals surface area contributed by atoms with Crippen LogP contribution in [-0.2, 0) is 13.0 Å². The zero-order valence-electron chi connectivity index (χ0n) is 17.6. The van der Waals surface area contributed by atoms with Crippen molar-refractivity contribution in [1.29, 1.82) is 0 Å². The number of piperidine rings is 1. The molecule has 0 N–H and O–H groups in total. The van der Waals surface area contributed by atoms with Crippen molar-refractivity contribution in [2.45, 2.75) is 38.8 Å². The van der Waals surface area contributed by atoms with Crippen LogP contribution in [0.25, 0.3) is 0 Å². The number of likely N-dealkylation sites (tertiary alicyclic amines) is 1. The van der Waals surface area contributed by atoms with Gasteiger partial charge in [-0.05, 0) is 61.1 Å². The summed E-state index contributed by atoms with van der Waals surface area (Å²) in [6.45, 7) is 5.57. The smallest absolute Gasteiger partial charge is 0.254 e. The van der Waals surface area contributed by atoms with Crippen molar-refractivity contribution in [3.63, 3.8) is 0 Å². The Morgan fingerprint density at radius 3 is 2.48 bits per heavy atom. The molecule has 1 fully saturated rings. The molecule has 2 aromatic carbocycles. The first-order valence-electron chi connectivity index (χ1n) is 10.4. The number of carbonyl (C=O) groups excluding carboxylic acids is 1. The summed E-state index contributed by atoms with van der Waals surface area (Å²) in [5.74, 6) is 1.75. The van der Waals surface area contributed by atoms with Crippen molar-refractivity contribution in [2.24, 2.45) is 0 Å². The van der Waals surface area contributed by atoms with Crippen LogP contribution in [0.3, 0.4) is 0 Å². The standard InChI is InChI=1S/C24H30N2O3/c1-17-7-4-5-9-21(17)24(27)26-11-6-8-20(16-26)25-12-10-18-13-22(28-2)23(29-3)14-19(18)15-25/h4-5,7,9,13-14,20H,6,8,10-12,15-16H2,1-3H3. The summed E-state index contributed by atoms with van der Waals surface area (Å²) in [5, 5.41) is 0. The van der Waals surface area contributed by atoms with Crippen LogP contribution >= 0.6 is 0 Å². The monoisotopic (exact) mass is 394 g/mol. The van der Waals surface area contributed by atoms with Crippen LogP contribution in [0.4, 0.5) is 0 Å². The van der Waals surface area contributed by atoms with Crippen LogP contribution in [-0.4, -0.2) is 55.6 Å². The van der Waals surface area contributed by atoms with Crippen LogP contribution in [0.2, 0.25) is 0 Å². The van der Waals surface area contributed by atoms with Gasteiger partial charge >= 0.3 is 0 Å². The Morgan fingerprint density at radius 1 is 1.03 bits per heavy atom. The van der Waals surface area contributed by atoms with Gasteiger partial charge in [0.05, 0.1) is 14.2 Å². The molecule has 0 spiro atoms. The molecule has 0 bridgehead atoms. The first-order valence-corrected chi connectivity index (χ1v) is 10.4. The number of ether oxygens (including phenoxy) is 2. The van der Waals surface area contributed by atoms with Crippen molar-refractivity contribution in [3.05, 3.63) is 58.7 Å². The SMILES string of the molecule is COc1cc2c(cc1OC)CN(C1CCCN(C(=O)c3ccccc3C)C1)CC2. The maximum absolute atomic E-state index is 13.1. The van der Waals surface area contributed by atoms with Crippen molar-refractivity contribution >= 4 is 5.91 Å². The van der Waals surface area contributed by atoms with Gasteiger partial charge in [0.15, 0.2) is 11.5 Å². The summed E-state index contributed by atoms with van der Waals surface area (Å²) in [6, 6.07) is 12.5. The number of amides is 1. The van der Waals surface area contributed by atoms with Gasteiger partial charge in [-0.2, -0.15) is 0 Å². The van der Waals surface area contributed by atoms with E-state index in [1.807, 2.05) is 36.1 Å². The number of methoxy groups -OCH3 is 2. The molecule has 2 heterocycles. The number of hydrogen-bond acceptors (Lipinski definition) is 4. The number of aryl methyl sites for hydroxylation is 1. The predicted molar refractivity (Wildman–Crippen MR) is 114 cm³/mol. The minimum atomic E-state index is 0.164. The Balaban J connectivity index is 1.48. The minimum Gasteiger partial charge on any atom is -0.493 e. The molecular formula is C24H30N2O3. The topological polar surface area (TPSA) is 42.0 Å². The second-order valence-electron chi connectivity index (χ2n) is 8.06. The predicted octanol–water partition coefficient (Wildman–Crippen LogP) is 3.68. The first-order chi connectivity index (χ1) is 14.1. The normalized spacial score (nSPS) is 19.6. The zero-order valence-corrected chi connectivity index (χ0v) is 17.6. The minimum absolute atomic E-state index is 0.164. The van der Waals surface area contributed by atoms with E-state index in [1.54, 1.807) is 14.2 Å². The van der Waals surface area contributed by atoms with E-state index in [0.29, 0.717) is 6.04 Å². The molecule has 0 radical (unpaired) electrons. The van der Waals surface area contributed by atoms with Crippen molar-refractivity contribution < 1.29 is 14.3 Å². The summed E-state index contributed by atoms with van der Waals surface area (Å²) in [5.41, 5.74) is 4.51. The lowest BCUT2D eigenvalue weighted by molar-refractivity contribution is 0.0548. The zero-order chi connectivity index (χ0) is 20.4. The van der Waals surface area contributed by atoms with E-state index in [1.165, 1.54) is 11.1 Å². The Morgan fingerprint density at radius 2 is 1.76 bits per heavy atom. The highest BCUT2D eigenvalue weighted by molar-refractivity contribution is 5.95. The highest BCUT2D eigenvalue weighted by Crippen LogP contribution is 2.34. The van der Waals surface area contributed by atoms with Gasteiger partial charge in [-0.25, -0.2) is 0 Å². The summed E-state index contributed by atoms with van der Waals surface area (Å²) in [4.78, 5) is 17.7. The van der Waals surface area contributed by atoms with Gasteiger partial charge in [-0.3, -0.25) is 9.69 Å². The Bertz CT molecular complexity index is 896. The van der Waals surface area contributed by atoms with Gasteiger partial charge in [-0.15, -0.1) is 0 Å². The van der Waals surface area contributed by atoms with Gasteiger partial charge in [0.1, 0.15) is 0 Å². The van der Waals surface area contributed by atoms with Crippen molar-refractivity contribution in [3.8, 4) is 11.5 Å². The Hall–Kier alpha value is -2.53. The quantitative estimate of drug-likeness (QED) is 0.793. The fourth-order valence-electron chi connectivity index (χ4n) is 4.64. The molecule has 1 amide bonds. The second-order valence-corrected chi connectivity index (χ2v) is 8.06. The van der Waals surface area contributed by atoms with Crippen LogP contribution in [0.15, 0.2) is 36.4 Å². The van der Waals surface area contributed by atoms with Crippen LogP contribution in [0.1, 0.15) is 39.9 Å². The molecule has 5 nitrogen and oxygen atoms in total. The number of rotatable bonds is 4. The molecule has 5 heteroatoms. The molecular weight excluding hydrogens is 364 g/mol. The third-order valence-corrected chi connectivity index (χ3v) is 6.32. The third kappa shape index (κ3) is 3.97. The van der Waals surface area contributed by atoms with Gasteiger partial charge in [0.2, 0.25) is 0 Å². The van der Waals surface area contributed by atoms with Crippen LogP contribution < -0.4 is 9.47 Å². The van der Waals surface area contributed by atoms with Crippen LogP contribution in [0.5, 0.6) is 11.5 Å². The lowest BCUT2D eigenvalue weighted by Crippen LogP contribution is -2.51. The third-order valence-electron chi connectivity index (χ3n) is 6.32. The fourth-order valence-corrected chi connectivity index (χ4v) is 4.64. The van der Waals surface area contributed by atoms with Crippen molar-refractivity contribution in [2.75, 3.05) is 33.9 Å². The molecule has 0 saturated carbocycles. The number of fused-ring (bicyclic) bond motifs is 1. The van der Waals surface area contributed by atoms with E-state index in [9.17, 15) is 4.79 Å². The average Bonchev–Trinajstić information content (AvgIpc) is 2.77. The van der Waals surface area contributed by atoms with E-state index in [4.69, 9.17) is 9.47 Å². The molecule has 154 valence electrons. The Kier molecular flexibility index (Phi) is 5.76. The van der Waals surface area contributed by atoms with Gasteiger partial charge in [-0.1, -0.05) is 18.2 Å². The largest absolute Gasteiger partial charge is 0.493 e. The molecule has 0 aliphatic carbocycles. The fraction of sp³-hybridized carbons (Fsp3) is 0.458.